The third kappa shape index (κ3) is 3.35. The first-order valence-corrected chi connectivity index (χ1v) is 10.3. The van der Waals surface area contributed by atoms with Gasteiger partial charge in [0, 0.05) is 29.0 Å². The summed E-state index contributed by atoms with van der Waals surface area (Å²) in [5.41, 5.74) is 3.50. The minimum absolute atomic E-state index is 0.00113. The van der Waals surface area contributed by atoms with Crippen molar-refractivity contribution in [3.8, 4) is 17.0 Å². The number of benzene rings is 2. The van der Waals surface area contributed by atoms with Crippen molar-refractivity contribution in [1.82, 2.24) is 19.7 Å². The number of hydrogen-bond donors (Lipinski definition) is 2. The van der Waals surface area contributed by atoms with Gasteiger partial charge in [-0.25, -0.2) is 9.97 Å². The van der Waals surface area contributed by atoms with E-state index in [1.807, 2.05) is 53.2 Å². The van der Waals surface area contributed by atoms with E-state index < -0.39 is 0 Å². The predicted molar refractivity (Wildman–Crippen MR) is 121 cm³/mol. The lowest BCUT2D eigenvalue weighted by atomic mass is 9.82. The van der Waals surface area contributed by atoms with Crippen molar-refractivity contribution in [2.75, 3.05) is 0 Å². The number of hydrogen-bond acceptors (Lipinski definition) is 4. The van der Waals surface area contributed by atoms with E-state index in [1.54, 1.807) is 6.07 Å². The molecular formula is C25H26N4O. The fourth-order valence-electron chi connectivity index (χ4n) is 4.69. The normalized spacial score (nSPS) is 17.9. The van der Waals surface area contributed by atoms with Crippen LogP contribution in [0.1, 0.15) is 39.8 Å². The number of nitrogens with zero attached hydrogens (tertiary/aromatic N) is 3. The minimum atomic E-state index is -0.0949. The van der Waals surface area contributed by atoms with Crippen molar-refractivity contribution < 1.29 is 5.11 Å². The van der Waals surface area contributed by atoms with Gasteiger partial charge in [-0.15, -0.1) is 0 Å². The van der Waals surface area contributed by atoms with Crippen molar-refractivity contribution in [1.29, 1.82) is 0 Å². The summed E-state index contributed by atoms with van der Waals surface area (Å²) in [5.74, 6) is 0.854. The number of phenolic OH excluding ortho intramolecular Hbond substituents is 1. The lowest BCUT2D eigenvalue weighted by Gasteiger charge is -2.41. The molecule has 2 aromatic carbocycles. The first-order valence-electron chi connectivity index (χ1n) is 10.3. The Bertz CT molecular complexity index is 1310. The molecule has 0 spiro atoms. The zero-order valence-corrected chi connectivity index (χ0v) is 17.8. The van der Waals surface area contributed by atoms with E-state index >= 15 is 0 Å². The van der Waals surface area contributed by atoms with Crippen molar-refractivity contribution >= 4 is 22.1 Å². The minimum Gasteiger partial charge on any atom is -0.507 e. The molecule has 0 saturated carbocycles. The number of nitrogens with one attached hydrogen (secondary N) is 1. The standard InChI is InChI=1S/C25H26N4O/c1-24(2)13-18(14-25(3,4)28-24)20-9-10-29-15-21(27-23(29)26-20)19-11-16-7-5-6-8-17(16)12-22(19)30/h5-13,15,28,30H,14H2,1-4H3. The number of imidazole rings is 1. The van der Waals surface area contributed by atoms with E-state index in [0.29, 0.717) is 17.0 Å². The molecule has 1 aliphatic rings. The molecule has 2 aromatic heterocycles. The Kier molecular flexibility index (Phi) is 4.02. The Morgan fingerprint density at radius 3 is 2.40 bits per heavy atom. The summed E-state index contributed by atoms with van der Waals surface area (Å²) < 4.78 is 1.91. The molecule has 152 valence electrons. The topological polar surface area (TPSA) is 62.5 Å². The van der Waals surface area contributed by atoms with Crippen LogP contribution in [0.3, 0.4) is 0 Å². The molecule has 0 aliphatic carbocycles. The van der Waals surface area contributed by atoms with Gasteiger partial charge >= 0.3 is 0 Å². The predicted octanol–water partition coefficient (Wildman–Crippen LogP) is 5.19. The number of aromatic hydroxyl groups is 1. The van der Waals surface area contributed by atoms with Gasteiger partial charge in [0.15, 0.2) is 0 Å². The highest BCUT2D eigenvalue weighted by Crippen LogP contribution is 2.35. The molecule has 0 saturated heterocycles. The molecule has 0 fully saturated rings. The molecular weight excluding hydrogens is 372 g/mol. The second-order valence-corrected chi connectivity index (χ2v) is 9.44. The summed E-state index contributed by atoms with van der Waals surface area (Å²) in [4.78, 5) is 9.57. The highest BCUT2D eigenvalue weighted by atomic mass is 16.3. The van der Waals surface area contributed by atoms with Crippen molar-refractivity contribution in [3.05, 3.63) is 66.6 Å². The molecule has 0 bridgehead atoms. The average Bonchev–Trinajstić information content (AvgIpc) is 3.08. The van der Waals surface area contributed by atoms with Crippen LogP contribution in [0.2, 0.25) is 0 Å². The maximum atomic E-state index is 10.6. The highest BCUT2D eigenvalue weighted by Gasteiger charge is 2.33. The summed E-state index contributed by atoms with van der Waals surface area (Å²) in [5, 5.41) is 16.3. The first kappa shape index (κ1) is 18.8. The number of phenols is 1. The van der Waals surface area contributed by atoms with Gasteiger partial charge in [0.1, 0.15) is 5.75 Å². The van der Waals surface area contributed by atoms with E-state index in [2.05, 4.69) is 39.1 Å². The molecule has 2 N–H and O–H groups in total. The van der Waals surface area contributed by atoms with Gasteiger partial charge in [0.05, 0.1) is 11.4 Å². The number of fused-ring (bicyclic) bond motifs is 2. The lowest BCUT2D eigenvalue weighted by molar-refractivity contribution is 0.297. The van der Waals surface area contributed by atoms with Crippen LogP contribution in [-0.2, 0) is 0 Å². The molecule has 0 radical (unpaired) electrons. The Balaban J connectivity index is 1.59. The Labute approximate surface area is 176 Å². The van der Waals surface area contributed by atoms with Crippen LogP contribution in [0.4, 0.5) is 0 Å². The largest absolute Gasteiger partial charge is 0.507 e. The second-order valence-electron chi connectivity index (χ2n) is 9.44. The molecule has 1 aliphatic heterocycles. The van der Waals surface area contributed by atoms with E-state index in [4.69, 9.17) is 9.97 Å². The summed E-state index contributed by atoms with van der Waals surface area (Å²) >= 11 is 0. The molecule has 30 heavy (non-hydrogen) atoms. The van der Waals surface area contributed by atoms with E-state index in [0.717, 1.165) is 22.9 Å². The Hall–Kier alpha value is -3.18. The third-order valence-corrected chi connectivity index (χ3v) is 5.62. The quantitative estimate of drug-likeness (QED) is 0.488. The van der Waals surface area contributed by atoms with E-state index in [1.165, 1.54) is 5.57 Å². The van der Waals surface area contributed by atoms with Gasteiger partial charge in [-0.3, -0.25) is 4.40 Å². The van der Waals surface area contributed by atoms with Crippen molar-refractivity contribution in [2.45, 2.75) is 45.2 Å². The van der Waals surface area contributed by atoms with Crippen LogP contribution in [-0.4, -0.2) is 30.6 Å². The fraction of sp³-hybridized carbons (Fsp3) is 0.280. The highest BCUT2D eigenvalue weighted by molar-refractivity contribution is 5.90. The number of rotatable bonds is 2. The monoisotopic (exact) mass is 398 g/mol. The molecule has 5 rings (SSSR count). The fourth-order valence-corrected chi connectivity index (χ4v) is 4.69. The van der Waals surface area contributed by atoms with Gasteiger partial charge in [0.2, 0.25) is 5.78 Å². The number of aromatic nitrogens is 3. The van der Waals surface area contributed by atoms with E-state index in [9.17, 15) is 5.11 Å². The van der Waals surface area contributed by atoms with Crippen LogP contribution >= 0.6 is 0 Å². The van der Waals surface area contributed by atoms with Crippen molar-refractivity contribution in [2.24, 2.45) is 0 Å². The summed E-state index contributed by atoms with van der Waals surface area (Å²) in [6.07, 6.45) is 7.07. The smallest absolute Gasteiger partial charge is 0.234 e. The van der Waals surface area contributed by atoms with Crippen LogP contribution in [0.15, 0.2) is 60.9 Å². The summed E-state index contributed by atoms with van der Waals surface area (Å²) in [7, 11) is 0. The molecule has 0 atom stereocenters. The van der Waals surface area contributed by atoms with Gasteiger partial charge in [0.25, 0.3) is 0 Å². The van der Waals surface area contributed by atoms with Crippen LogP contribution < -0.4 is 5.32 Å². The average molecular weight is 399 g/mol. The Morgan fingerprint density at radius 1 is 0.967 bits per heavy atom. The molecule has 4 aromatic rings. The zero-order valence-electron chi connectivity index (χ0n) is 17.8. The van der Waals surface area contributed by atoms with Crippen LogP contribution in [0, 0.1) is 0 Å². The van der Waals surface area contributed by atoms with Gasteiger partial charge in [-0.05, 0) is 68.7 Å². The molecule has 3 heterocycles. The molecule has 0 unspecified atom stereocenters. The lowest BCUT2D eigenvalue weighted by Crippen LogP contribution is -2.53. The molecule has 0 amide bonds. The molecule has 5 heteroatoms. The summed E-state index contributed by atoms with van der Waals surface area (Å²) in [6.45, 7) is 8.80. The Morgan fingerprint density at radius 2 is 1.67 bits per heavy atom. The SMILES string of the molecule is CC1(C)C=C(c2ccn3cc(-c4cc5ccccc5cc4O)nc3n2)CC(C)(C)N1. The van der Waals surface area contributed by atoms with Crippen molar-refractivity contribution in [3.63, 3.8) is 0 Å². The summed E-state index contributed by atoms with van der Waals surface area (Å²) in [6, 6.07) is 13.8. The maximum Gasteiger partial charge on any atom is 0.234 e. The first-order chi connectivity index (χ1) is 14.2. The van der Waals surface area contributed by atoms with Crippen LogP contribution in [0.25, 0.3) is 33.4 Å². The zero-order chi connectivity index (χ0) is 21.1. The van der Waals surface area contributed by atoms with Gasteiger partial charge in [-0.1, -0.05) is 30.3 Å². The van der Waals surface area contributed by atoms with E-state index in [-0.39, 0.29) is 16.8 Å². The van der Waals surface area contributed by atoms with Gasteiger partial charge in [-0.2, -0.15) is 0 Å². The third-order valence-electron chi connectivity index (χ3n) is 5.62. The van der Waals surface area contributed by atoms with Gasteiger partial charge < -0.3 is 10.4 Å². The maximum absolute atomic E-state index is 10.6. The second kappa shape index (κ2) is 6.41. The molecule has 5 nitrogen and oxygen atoms in total. The van der Waals surface area contributed by atoms with Crippen LogP contribution in [0.5, 0.6) is 5.75 Å².